The van der Waals surface area contributed by atoms with Crippen LogP contribution >= 0.6 is 0 Å². The number of azo groups is 3. The van der Waals surface area contributed by atoms with Gasteiger partial charge in [0.25, 0.3) is 0 Å². The molecule has 42 heavy (non-hydrogen) atoms. The van der Waals surface area contributed by atoms with E-state index in [9.17, 15) is 0 Å². The molecule has 0 unspecified atom stereocenters. The van der Waals surface area contributed by atoms with Crippen LogP contribution in [0.1, 0.15) is 38.5 Å². The lowest BCUT2D eigenvalue weighted by atomic mass is 10.1. The van der Waals surface area contributed by atoms with Crippen LogP contribution in [0.4, 0.5) is 45.5 Å². The van der Waals surface area contributed by atoms with Crippen LogP contribution in [-0.4, -0.2) is 26.2 Å². The standard InChI is InChI=1S/C34H36N8/c1-3-23-41(24-4-1)33-19-15-31(16-20-33)39-37-29-11-7-27(8-12-29)35-36-28-9-13-30(14-10-28)38-40-32-17-21-34(22-18-32)42-25-5-2-6-26-42/h7-22H,1-6,23-26H2/b36-35+,39-37?,40-38?. The van der Waals surface area contributed by atoms with E-state index in [1.807, 2.05) is 72.8 Å². The molecule has 0 bridgehead atoms. The molecule has 2 fully saturated rings. The first kappa shape index (κ1) is 27.4. The molecule has 6 rings (SSSR count). The van der Waals surface area contributed by atoms with Gasteiger partial charge in [-0.1, -0.05) is 0 Å². The van der Waals surface area contributed by atoms with Crippen molar-refractivity contribution in [2.75, 3.05) is 36.0 Å². The second kappa shape index (κ2) is 13.8. The molecule has 0 aromatic heterocycles. The lowest BCUT2D eigenvalue weighted by molar-refractivity contribution is 0.578. The largest absolute Gasteiger partial charge is 0.372 e. The summed E-state index contributed by atoms with van der Waals surface area (Å²) in [5, 5.41) is 26.2. The SMILES string of the molecule is c1cc(/N=N/c2ccc(N=Nc3ccc(N4CCCCC4)cc3)cc2)ccc1N=Nc1ccc(N2CCCCC2)cc1. The molecule has 2 saturated heterocycles. The summed E-state index contributed by atoms with van der Waals surface area (Å²) in [6.45, 7) is 4.54. The summed E-state index contributed by atoms with van der Waals surface area (Å²) >= 11 is 0. The fraction of sp³-hybridized carbons (Fsp3) is 0.294. The van der Waals surface area contributed by atoms with Gasteiger partial charge < -0.3 is 9.80 Å². The van der Waals surface area contributed by atoms with E-state index in [0.717, 1.165) is 60.3 Å². The zero-order valence-electron chi connectivity index (χ0n) is 23.9. The van der Waals surface area contributed by atoms with Gasteiger partial charge in [-0.15, -0.1) is 0 Å². The highest BCUT2D eigenvalue weighted by molar-refractivity contribution is 5.55. The Bertz CT molecular complexity index is 1380. The molecule has 2 aliphatic heterocycles. The van der Waals surface area contributed by atoms with Crippen LogP contribution in [0, 0.1) is 0 Å². The molecule has 0 saturated carbocycles. The number of nitrogens with zero attached hydrogens (tertiary/aromatic N) is 8. The van der Waals surface area contributed by atoms with Crippen LogP contribution in [-0.2, 0) is 0 Å². The van der Waals surface area contributed by atoms with Crippen molar-refractivity contribution in [2.24, 2.45) is 30.7 Å². The number of piperidine rings is 2. The van der Waals surface area contributed by atoms with Crippen LogP contribution in [0.25, 0.3) is 0 Å². The molecule has 0 amide bonds. The van der Waals surface area contributed by atoms with Gasteiger partial charge in [0.15, 0.2) is 0 Å². The highest BCUT2D eigenvalue weighted by Crippen LogP contribution is 2.28. The van der Waals surface area contributed by atoms with Crippen molar-refractivity contribution < 1.29 is 0 Å². The van der Waals surface area contributed by atoms with Gasteiger partial charge in [0.1, 0.15) is 0 Å². The van der Waals surface area contributed by atoms with Gasteiger partial charge in [0, 0.05) is 37.6 Å². The van der Waals surface area contributed by atoms with Gasteiger partial charge in [-0.25, -0.2) is 0 Å². The van der Waals surface area contributed by atoms with E-state index in [-0.39, 0.29) is 0 Å². The third kappa shape index (κ3) is 7.51. The molecule has 4 aromatic carbocycles. The first-order valence-electron chi connectivity index (χ1n) is 14.9. The predicted molar refractivity (Wildman–Crippen MR) is 170 cm³/mol. The number of hydrogen-bond donors (Lipinski definition) is 0. The normalized spacial score (nSPS) is 16.2. The van der Waals surface area contributed by atoms with Crippen molar-refractivity contribution in [3.05, 3.63) is 97.1 Å². The minimum Gasteiger partial charge on any atom is -0.372 e. The number of benzene rings is 4. The Kier molecular flexibility index (Phi) is 9.00. The third-order valence-corrected chi connectivity index (χ3v) is 7.68. The Labute approximate surface area is 247 Å². The molecule has 0 radical (unpaired) electrons. The monoisotopic (exact) mass is 556 g/mol. The van der Waals surface area contributed by atoms with E-state index in [0.29, 0.717) is 0 Å². The van der Waals surface area contributed by atoms with Gasteiger partial charge in [0.2, 0.25) is 0 Å². The average molecular weight is 557 g/mol. The van der Waals surface area contributed by atoms with Crippen molar-refractivity contribution in [1.29, 1.82) is 0 Å². The lowest BCUT2D eigenvalue weighted by Gasteiger charge is -2.28. The summed E-state index contributed by atoms with van der Waals surface area (Å²) in [7, 11) is 0. The summed E-state index contributed by atoms with van der Waals surface area (Å²) in [5.41, 5.74) is 7.23. The average Bonchev–Trinajstić information content (AvgIpc) is 3.08. The molecular weight excluding hydrogens is 520 g/mol. The highest BCUT2D eigenvalue weighted by Gasteiger charge is 2.11. The zero-order valence-corrected chi connectivity index (χ0v) is 23.9. The van der Waals surface area contributed by atoms with Crippen molar-refractivity contribution in [3.8, 4) is 0 Å². The maximum absolute atomic E-state index is 4.39. The third-order valence-electron chi connectivity index (χ3n) is 7.68. The quantitative estimate of drug-likeness (QED) is 0.202. The summed E-state index contributed by atoms with van der Waals surface area (Å²) in [6.07, 6.45) is 7.74. The second-order valence-electron chi connectivity index (χ2n) is 10.8. The molecule has 0 spiro atoms. The Balaban J connectivity index is 0.996. The molecule has 8 heteroatoms. The van der Waals surface area contributed by atoms with Gasteiger partial charge in [-0.2, -0.15) is 30.7 Å². The molecule has 2 heterocycles. The predicted octanol–water partition coefficient (Wildman–Crippen LogP) is 10.9. The van der Waals surface area contributed by atoms with E-state index in [2.05, 4.69) is 64.8 Å². The summed E-state index contributed by atoms with van der Waals surface area (Å²) in [6, 6.07) is 31.7. The van der Waals surface area contributed by atoms with E-state index >= 15 is 0 Å². The van der Waals surface area contributed by atoms with Crippen molar-refractivity contribution >= 4 is 45.5 Å². The van der Waals surface area contributed by atoms with E-state index in [1.165, 1.54) is 49.9 Å². The fourth-order valence-electron chi connectivity index (χ4n) is 5.28. The maximum atomic E-state index is 4.39. The Morgan fingerprint density at radius 3 is 0.738 bits per heavy atom. The smallest absolute Gasteiger partial charge is 0.0858 e. The van der Waals surface area contributed by atoms with Crippen LogP contribution in [0.15, 0.2) is 128 Å². The molecule has 2 aliphatic rings. The Morgan fingerprint density at radius 1 is 0.286 bits per heavy atom. The number of rotatable bonds is 8. The molecule has 4 aromatic rings. The minimum atomic E-state index is 0.747. The van der Waals surface area contributed by atoms with Crippen molar-refractivity contribution in [1.82, 2.24) is 0 Å². The summed E-state index contributed by atoms with van der Waals surface area (Å²) in [5.74, 6) is 0. The van der Waals surface area contributed by atoms with E-state index in [4.69, 9.17) is 0 Å². The van der Waals surface area contributed by atoms with Gasteiger partial charge in [-0.05, 0) is 136 Å². The van der Waals surface area contributed by atoms with Gasteiger partial charge in [0.05, 0.1) is 34.1 Å². The molecule has 0 atom stereocenters. The second-order valence-corrected chi connectivity index (χ2v) is 10.8. The number of hydrogen-bond acceptors (Lipinski definition) is 8. The van der Waals surface area contributed by atoms with Crippen molar-refractivity contribution in [3.63, 3.8) is 0 Å². The molecule has 212 valence electrons. The van der Waals surface area contributed by atoms with Crippen LogP contribution < -0.4 is 9.80 Å². The highest BCUT2D eigenvalue weighted by atomic mass is 15.1. The lowest BCUT2D eigenvalue weighted by Crippen LogP contribution is -2.29. The van der Waals surface area contributed by atoms with E-state index < -0.39 is 0 Å². The van der Waals surface area contributed by atoms with Crippen LogP contribution in [0.2, 0.25) is 0 Å². The molecular formula is C34H36N8. The number of anilines is 2. The fourth-order valence-corrected chi connectivity index (χ4v) is 5.28. The molecule has 0 aliphatic carbocycles. The van der Waals surface area contributed by atoms with Crippen LogP contribution in [0.5, 0.6) is 0 Å². The van der Waals surface area contributed by atoms with Gasteiger partial charge >= 0.3 is 0 Å². The Hall–Kier alpha value is -4.72. The van der Waals surface area contributed by atoms with Gasteiger partial charge in [-0.3, -0.25) is 0 Å². The first-order chi connectivity index (χ1) is 20.8. The van der Waals surface area contributed by atoms with E-state index in [1.54, 1.807) is 0 Å². The molecule has 0 N–H and O–H groups in total. The van der Waals surface area contributed by atoms with Crippen molar-refractivity contribution in [2.45, 2.75) is 38.5 Å². The zero-order chi connectivity index (χ0) is 28.4. The van der Waals surface area contributed by atoms with Crippen LogP contribution in [0.3, 0.4) is 0 Å². The maximum Gasteiger partial charge on any atom is 0.0858 e. The topological polar surface area (TPSA) is 80.6 Å². The summed E-state index contributed by atoms with van der Waals surface area (Å²) in [4.78, 5) is 4.88. The molecule has 8 nitrogen and oxygen atoms in total. The first-order valence-corrected chi connectivity index (χ1v) is 14.9. The summed E-state index contributed by atoms with van der Waals surface area (Å²) < 4.78 is 0. The minimum absolute atomic E-state index is 0.747. The Morgan fingerprint density at radius 2 is 0.500 bits per heavy atom.